The smallest absolute Gasteiger partial charge is 0.325 e. The minimum Gasteiger partial charge on any atom is -0.325 e. The second-order valence-corrected chi connectivity index (χ2v) is 10.4. The van der Waals surface area contributed by atoms with E-state index in [-0.39, 0.29) is 17.9 Å². The van der Waals surface area contributed by atoms with E-state index in [1.165, 1.54) is 20.3 Å². The monoisotopic (exact) mass is 461 g/mol. The van der Waals surface area contributed by atoms with E-state index in [2.05, 4.69) is 26.1 Å². The standard InChI is InChI=1S/C27H44N2O4/c1-10-27(8,9)26(32)28-24-16-13-17-25(18-24)29(22(6)30,23(7)31)33-21(5)20(4)15-12-11-14-19(2)3/h13,16-21H,10-12,14-15H2,1-9H3/p+1. The van der Waals surface area contributed by atoms with E-state index in [1.807, 2.05) is 27.7 Å². The van der Waals surface area contributed by atoms with Crippen LogP contribution >= 0.6 is 0 Å². The molecule has 0 fully saturated rings. The van der Waals surface area contributed by atoms with Gasteiger partial charge in [0.2, 0.25) is 5.91 Å². The van der Waals surface area contributed by atoms with Crippen molar-refractivity contribution in [3.8, 4) is 0 Å². The van der Waals surface area contributed by atoms with Crippen LogP contribution in [0.5, 0.6) is 0 Å². The van der Waals surface area contributed by atoms with Crippen molar-refractivity contribution < 1.29 is 19.2 Å². The van der Waals surface area contributed by atoms with Gasteiger partial charge in [-0.15, -0.1) is 0 Å². The molecule has 0 saturated carbocycles. The Hall–Kier alpha value is -2.05. The fraction of sp³-hybridized carbons (Fsp3) is 0.667. The summed E-state index contributed by atoms with van der Waals surface area (Å²) in [6.07, 6.45) is 4.78. The predicted molar refractivity (Wildman–Crippen MR) is 135 cm³/mol. The molecular weight excluding hydrogens is 416 g/mol. The molecule has 0 radical (unpaired) electrons. The van der Waals surface area contributed by atoms with Gasteiger partial charge in [0.1, 0.15) is 6.10 Å². The second-order valence-electron chi connectivity index (χ2n) is 10.4. The van der Waals surface area contributed by atoms with Crippen LogP contribution in [0.15, 0.2) is 24.3 Å². The Morgan fingerprint density at radius 2 is 1.58 bits per heavy atom. The van der Waals surface area contributed by atoms with Crippen molar-refractivity contribution in [1.29, 1.82) is 0 Å². The minimum absolute atomic E-state index is 0.116. The Morgan fingerprint density at radius 3 is 2.09 bits per heavy atom. The Labute approximate surface area is 200 Å². The molecule has 2 atom stereocenters. The lowest BCUT2D eigenvalue weighted by atomic mass is 9.89. The fourth-order valence-corrected chi connectivity index (χ4v) is 3.64. The van der Waals surface area contributed by atoms with Crippen molar-refractivity contribution in [2.24, 2.45) is 17.3 Å². The van der Waals surface area contributed by atoms with Gasteiger partial charge in [-0.2, -0.15) is 4.84 Å². The maximum absolute atomic E-state index is 12.9. The molecule has 0 aliphatic heterocycles. The summed E-state index contributed by atoms with van der Waals surface area (Å²) in [5.41, 5.74) is 0.391. The third-order valence-corrected chi connectivity index (χ3v) is 6.67. The molecule has 33 heavy (non-hydrogen) atoms. The van der Waals surface area contributed by atoms with Gasteiger partial charge in [-0.25, -0.2) is 9.59 Å². The summed E-state index contributed by atoms with van der Waals surface area (Å²) in [7, 11) is 0. The zero-order valence-electron chi connectivity index (χ0n) is 22.2. The topological polar surface area (TPSA) is 72.5 Å². The van der Waals surface area contributed by atoms with Crippen molar-refractivity contribution in [2.75, 3.05) is 5.32 Å². The van der Waals surface area contributed by atoms with Crippen molar-refractivity contribution in [1.82, 2.24) is 4.65 Å². The van der Waals surface area contributed by atoms with Gasteiger partial charge in [-0.05, 0) is 42.3 Å². The summed E-state index contributed by atoms with van der Waals surface area (Å²) < 4.78 is -0.835. The van der Waals surface area contributed by atoms with Crippen molar-refractivity contribution in [3.63, 3.8) is 0 Å². The molecule has 0 aliphatic carbocycles. The van der Waals surface area contributed by atoms with Crippen LogP contribution in [0.2, 0.25) is 0 Å². The third kappa shape index (κ3) is 7.75. The van der Waals surface area contributed by atoms with Gasteiger partial charge < -0.3 is 5.32 Å². The van der Waals surface area contributed by atoms with E-state index in [4.69, 9.17) is 4.84 Å². The number of nitrogens with zero attached hydrogens (tertiary/aromatic N) is 1. The number of hydroxylamine groups is 2. The van der Waals surface area contributed by atoms with Gasteiger partial charge in [0.15, 0.2) is 5.69 Å². The quantitative estimate of drug-likeness (QED) is 0.215. The van der Waals surface area contributed by atoms with Gasteiger partial charge >= 0.3 is 11.8 Å². The predicted octanol–water partition coefficient (Wildman–Crippen LogP) is 6.63. The molecule has 0 aliphatic rings. The lowest BCUT2D eigenvalue weighted by Crippen LogP contribution is -2.58. The van der Waals surface area contributed by atoms with Crippen LogP contribution in [0.3, 0.4) is 0 Å². The normalized spacial score (nSPS) is 14.1. The second kappa shape index (κ2) is 12.4. The summed E-state index contributed by atoms with van der Waals surface area (Å²) in [5, 5.41) is 2.92. The number of quaternary nitrogens is 1. The van der Waals surface area contributed by atoms with Gasteiger partial charge in [0.25, 0.3) is 0 Å². The first-order chi connectivity index (χ1) is 15.3. The molecule has 1 rings (SSSR count). The van der Waals surface area contributed by atoms with Crippen LogP contribution in [0.4, 0.5) is 11.4 Å². The molecular formula is C27H45N2O4+. The average molecular weight is 462 g/mol. The van der Waals surface area contributed by atoms with Gasteiger partial charge in [-0.1, -0.05) is 66.9 Å². The minimum atomic E-state index is -0.835. The average Bonchev–Trinajstić information content (AvgIpc) is 2.74. The highest BCUT2D eigenvalue weighted by atomic mass is 16.7. The van der Waals surface area contributed by atoms with E-state index in [0.717, 1.165) is 19.3 Å². The Balaban J connectivity index is 3.16. The Kier molecular flexibility index (Phi) is 10.9. The van der Waals surface area contributed by atoms with Crippen molar-refractivity contribution in [2.45, 2.75) is 101 Å². The zero-order chi connectivity index (χ0) is 25.4. The summed E-state index contributed by atoms with van der Waals surface area (Å²) in [4.78, 5) is 44.7. The molecule has 0 aromatic heterocycles. The van der Waals surface area contributed by atoms with Crippen molar-refractivity contribution in [3.05, 3.63) is 24.3 Å². The van der Waals surface area contributed by atoms with E-state index in [0.29, 0.717) is 23.7 Å². The largest absolute Gasteiger partial charge is 0.355 e. The van der Waals surface area contributed by atoms with Crippen LogP contribution in [-0.4, -0.2) is 23.8 Å². The molecule has 0 heterocycles. The first-order valence-electron chi connectivity index (χ1n) is 12.3. The van der Waals surface area contributed by atoms with Gasteiger partial charge in [0, 0.05) is 23.2 Å². The van der Waals surface area contributed by atoms with Crippen LogP contribution in [-0.2, 0) is 19.2 Å². The lowest BCUT2D eigenvalue weighted by Gasteiger charge is -2.32. The number of rotatable bonds is 12. The number of unbranched alkanes of at least 4 members (excludes halogenated alkanes) is 1. The number of hydrogen-bond donors (Lipinski definition) is 1. The van der Waals surface area contributed by atoms with E-state index < -0.39 is 21.9 Å². The number of nitrogens with one attached hydrogen (secondary N) is 1. The highest BCUT2D eigenvalue weighted by Crippen LogP contribution is 2.32. The number of benzene rings is 1. The van der Waals surface area contributed by atoms with E-state index >= 15 is 0 Å². The SMILES string of the molecule is CCC(C)(C)C(=O)Nc1cccc([N+](OC(C)C(C)CCCCC(C)C)(C(C)=O)C(C)=O)c1. The molecule has 1 aromatic carbocycles. The number of hydrogen-bond acceptors (Lipinski definition) is 4. The Morgan fingerprint density at radius 1 is 1.00 bits per heavy atom. The lowest BCUT2D eigenvalue weighted by molar-refractivity contribution is -0.205. The summed E-state index contributed by atoms with van der Waals surface area (Å²) in [6.45, 7) is 16.9. The molecule has 1 aromatic rings. The summed E-state index contributed by atoms with van der Waals surface area (Å²) in [6, 6.07) is 6.84. The number of carbonyl (C=O) groups excluding carboxylic acids is 3. The van der Waals surface area contributed by atoms with Crippen LogP contribution < -0.4 is 9.96 Å². The highest BCUT2D eigenvalue weighted by molar-refractivity contribution is 6.06. The molecule has 3 amide bonds. The summed E-state index contributed by atoms with van der Waals surface area (Å²) in [5.74, 6) is -0.0846. The number of anilines is 1. The first kappa shape index (κ1) is 29.0. The van der Waals surface area contributed by atoms with Crippen LogP contribution in [0.25, 0.3) is 0 Å². The van der Waals surface area contributed by atoms with E-state index in [9.17, 15) is 14.4 Å². The molecule has 0 spiro atoms. The molecule has 0 saturated heterocycles. The summed E-state index contributed by atoms with van der Waals surface area (Å²) >= 11 is 0. The number of carbonyl (C=O) groups is 3. The van der Waals surface area contributed by atoms with Gasteiger partial charge in [0.05, 0.1) is 13.8 Å². The van der Waals surface area contributed by atoms with E-state index in [1.54, 1.807) is 24.3 Å². The fourth-order valence-electron chi connectivity index (χ4n) is 3.64. The van der Waals surface area contributed by atoms with Gasteiger partial charge in [-0.3, -0.25) is 4.79 Å². The van der Waals surface area contributed by atoms with Crippen LogP contribution in [0.1, 0.15) is 94.4 Å². The molecule has 0 bridgehead atoms. The maximum atomic E-state index is 12.9. The molecule has 6 nitrogen and oxygen atoms in total. The zero-order valence-corrected chi connectivity index (χ0v) is 22.2. The molecule has 6 heteroatoms. The first-order valence-corrected chi connectivity index (χ1v) is 12.3. The maximum Gasteiger partial charge on any atom is 0.355 e. The van der Waals surface area contributed by atoms with Crippen molar-refractivity contribution >= 4 is 29.1 Å². The third-order valence-electron chi connectivity index (χ3n) is 6.67. The number of imide groups is 1. The number of amides is 3. The molecule has 1 N–H and O–H groups in total. The van der Waals surface area contributed by atoms with Crippen LogP contribution in [0, 0.1) is 17.3 Å². The molecule has 2 unspecified atom stereocenters. The highest BCUT2D eigenvalue weighted by Gasteiger charge is 2.47. The molecule has 186 valence electrons. The Bertz CT molecular complexity index is 802.